The van der Waals surface area contributed by atoms with Crippen LogP contribution in [-0.2, 0) is 21.5 Å². The van der Waals surface area contributed by atoms with Crippen molar-refractivity contribution >= 4 is 17.7 Å². The van der Waals surface area contributed by atoms with Gasteiger partial charge in [-0.15, -0.1) is 0 Å². The first-order valence-corrected chi connectivity index (χ1v) is 9.65. The van der Waals surface area contributed by atoms with Gasteiger partial charge in [-0.1, -0.05) is 0 Å². The van der Waals surface area contributed by atoms with Gasteiger partial charge in [-0.3, -0.25) is 4.79 Å². The van der Waals surface area contributed by atoms with Crippen molar-refractivity contribution in [2.45, 2.75) is 44.7 Å². The van der Waals surface area contributed by atoms with Crippen LogP contribution >= 0.6 is 0 Å². The Kier molecular flexibility index (Phi) is 4.92. The molecule has 0 radical (unpaired) electrons. The number of imidazole rings is 1. The molecule has 2 aliphatic rings. The van der Waals surface area contributed by atoms with Crippen LogP contribution in [-0.4, -0.2) is 56.9 Å². The molecule has 150 valence electrons. The van der Waals surface area contributed by atoms with E-state index in [9.17, 15) is 9.90 Å². The number of nitrogens with zero attached hydrogens (tertiary/aromatic N) is 5. The smallest absolute Gasteiger partial charge is 0.313 e. The molecule has 2 fully saturated rings. The van der Waals surface area contributed by atoms with Crippen molar-refractivity contribution in [2.24, 2.45) is 0 Å². The third-order valence-electron chi connectivity index (χ3n) is 5.40. The highest BCUT2D eigenvalue weighted by Gasteiger charge is 2.35. The quantitative estimate of drug-likeness (QED) is 0.742. The summed E-state index contributed by atoms with van der Waals surface area (Å²) in [4.78, 5) is 27.2. The van der Waals surface area contributed by atoms with E-state index in [2.05, 4.69) is 29.7 Å². The summed E-state index contributed by atoms with van der Waals surface area (Å²) in [5, 5.41) is 12.9. The summed E-state index contributed by atoms with van der Waals surface area (Å²) in [6.45, 7) is 6.47. The van der Waals surface area contributed by atoms with Crippen LogP contribution in [0, 0.1) is 0 Å². The Morgan fingerprint density at radius 3 is 2.75 bits per heavy atom. The molecule has 0 amide bonds. The minimum Gasteiger partial charge on any atom is -0.481 e. The van der Waals surface area contributed by atoms with E-state index in [1.807, 2.05) is 12.5 Å². The van der Waals surface area contributed by atoms with Crippen LogP contribution in [0.15, 0.2) is 18.7 Å². The molecule has 0 bridgehead atoms. The molecule has 3 heterocycles. The van der Waals surface area contributed by atoms with Crippen LogP contribution in [0.5, 0.6) is 0 Å². The monoisotopic (exact) mass is 386 g/mol. The first-order chi connectivity index (χ1) is 13.5. The first kappa shape index (κ1) is 18.7. The van der Waals surface area contributed by atoms with Crippen molar-refractivity contribution in [3.8, 4) is 0 Å². The topological polar surface area (TPSA) is 105 Å². The normalized spacial score (nSPS) is 17.6. The second kappa shape index (κ2) is 7.38. The lowest BCUT2D eigenvalue weighted by Crippen LogP contribution is -2.40. The molecule has 0 spiro atoms. The molecule has 1 aliphatic heterocycles. The lowest BCUT2D eigenvalue weighted by Gasteiger charge is -2.32. The highest BCUT2D eigenvalue weighted by atomic mass is 16.5. The third kappa shape index (κ3) is 3.66. The van der Waals surface area contributed by atoms with E-state index in [0.717, 1.165) is 5.69 Å². The fourth-order valence-electron chi connectivity index (χ4n) is 3.35. The van der Waals surface area contributed by atoms with Gasteiger partial charge in [0.2, 0.25) is 5.95 Å². The Labute approximate surface area is 163 Å². The second-order valence-corrected chi connectivity index (χ2v) is 7.84. The second-order valence-electron chi connectivity index (χ2n) is 7.84. The number of hydrogen-bond acceptors (Lipinski definition) is 7. The molecule has 4 rings (SSSR count). The molecule has 2 aromatic rings. The molecule has 28 heavy (non-hydrogen) atoms. The molecule has 0 atom stereocenters. The minimum atomic E-state index is -1.09. The molecule has 0 unspecified atom stereocenters. The van der Waals surface area contributed by atoms with Crippen LogP contribution < -0.4 is 10.2 Å². The molecule has 1 saturated heterocycles. The summed E-state index contributed by atoms with van der Waals surface area (Å²) >= 11 is 0. The van der Waals surface area contributed by atoms with Gasteiger partial charge in [0.1, 0.15) is 5.82 Å². The highest BCUT2D eigenvalue weighted by molar-refractivity contribution is 5.82. The van der Waals surface area contributed by atoms with Gasteiger partial charge in [0.05, 0.1) is 37.2 Å². The lowest BCUT2D eigenvalue weighted by atomic mass is 9.85. The Morgan fingerprint density at radius 1 is 1.32 bits per heavy atom. The van der Waals surface area contributed by atoms with Gasteiger partial charge in [0.25, 0.3) is 0 Å². The Morgan fingerprint density at radius 2 is 2.07 bits per heavy atom. The van der Waals surface area contributed by atoms with Crippen molar-refractivity contribution in [1.82, 2.24) is 19.5 Å². The maximum Gasteiger partial charge on any atom is 0.313 e. The van der Waals surface area contributed by atoms with Crippen LogP contribution in [0.4, 0.5) is 11.8 Å². The largest absolute Gasteiger partial charge is 0.481 e. The molecule has 9 nitrogen and oxygen atoms in total. The predicted octanol–water partition coefficient (Wildman–Crippen LogP) is 1.82. The number of anilines is 2. The summed E-state index contributed by atoms with van der Waals surface area (Å²) in [5.41, 5.74) is 0.612. The van der Waals surface area contributed by atoms with Gasteiger partial charge in [0, 0.05) is 37.1 Å². The molecule has 2 N–H and O–H groups in total. The molecule has 2 aromatic heterocycles. The van der Waals surface area contributed by atoms with Gasteiger partial charge in [-0.2, -0.15) is 4.98 Å². The standard InChI is InChI=1S/C19H26N6O3/c1-19(2,17(26)27)15-11-22-18(23-16(15)24-5-7-28-8-6-24)21-10-14-9-20-12-25(14)13-3-4-13/h9,11-13H,3-8,10H2,1-2H3,(H,26,27)(H,21,22,23). The number of nitrogens with one attached hydrogen (secondary N) is 1. The SMILES string of the molecule is CC(C)(C(=O)O)c1cnc(NCc2cncn2C2CC2)nc1N1CCOCC1. The van der Waals surface area contributed by atoms with Gasteiger partial charge >= 0.3 is 5.97 Å². The van der Waals surface area contributed by atoms with E-state index < -0.39 is 11.4 Å². The number of carboxylic acid groups (broad SMARTS) is 1. The van der Waals surface area contributed by atoms with Crippen molar-refractivity contribution < 1.29 is 14.6 Å². The Bertz CT molecular complexity index is 855. The van der Waals surface area contributed by atoms with Crippen LogP contribution in [0.3, 0.4) is 0 Å². The number of rotatable bonds is 7. The highest BCUT2D eigenvalue weighted by Crippen LogP contribution is 2.36. The van der Waals surface area contributed by atoms with Gasteiger partial charge in [-0.05, 0) is 26.7 Å². The van der Waals surface area contributed by atoms with E-state index in [4.69, 9.17) is 4.74 Å². The predicted molar refractivity (Wildman–Crippen MR) is 104 cm³/mol. The molecule has 9 heteroatoms. The molecular weight excluding hydrogens is 360 g/mol. The summed E-state index contributed by atoms with van der Waals surface area (Å²) in [6, 6.07) is 0.558. The van der Waals surface area contributed by atoms with Gasteiger partial charge < -0.3 is 24.6 Å². The van der Waals surface area contributed by atoms with Gasteiger partial charge in [-0.25, -0.2) is 9.97 Å². The van der Waals surface area contributed by atoms with Crippen LogP contribution in [0.2, 0.25) is 0 Å². The fourth-order valence-corrected chi connectivity index (χ4v) is 3.35. The molecule has 1 saturated carbocycles. The minimum absolute atomic E-state index is 0.481. The van der Waals surface area contributed by atoms with E-state index in [1.54, 1.807) is 20.0 Å². The number of carboxylic acids is 1. The number of morpholine rings is 1. The van der Waals surface area contributed by atoms with E-state index >= 15 is 0 Å². The average molecular weight is 386 g/mol. The Balaban J connectivity index is 1.59. The summed E-state index contributed by atoms with van der Waals surface area (Å²) in [6.07, 6.45) is 7.75. The van der Waals surface area contributed by atoms with Crippen molar-refractivity contribution in [3.63, 3.8) is 0 Å². The maximum absolute atomic E-state index is 11.8. The van der Waals surface area contributed by atoms with Gasteiger partial charge in [0.15, 0.2) is 0 Å². The average Bonchev–Trinajstić information content (AvgIpc) is 3.44. The molecule has 1 aliphatic carbocycles. The van der Waals surface area contributed by atoms with E-state index in [1.165, 1.54) is 12.8 Å². The summed E-state index contributed by atoms with van der Waals surface area (Å²) in [5.74, 6) is 0.235. The number of ether oxygens (including phenoxy) is 1. The zero-order chi connectivity index (χ0) is 19.7. The first-order valence-electron chi connectivity index (χ1n) is 9.65. The number of aromatic nitrogens is 4. The van der Waals surface area contributed by atoms with Crippen LogP contribution in [0.1, 0.15) is 44.0 Å². The summed E-state index contributed by atoms with van der Waals surface area (Å²) in [7, 11) is 0. The van der Waals surface area contributed by atoms with E-state index in [-0.39, 0.29) is 0 Å². The van der Waals surface area contributed by atoms with E-state index in [0.29, 0.717) is 56.2 Å². The third-order valence-corrected chi connectivity index (χ3v) is 5.40. The molecule has 0 aromatic carbocycles. The van der Waals surface area contributed by atoms with Crippen LogP contribution in [0.25, 0.3) is 0 Å². The zero-order valence-electron chi connectivity index (χ0n) is 16.3. The molecular formula is C19H26N6O3. The Hall–Kier alpha value is -2.68. The zero-order valence-corrected chi connectivity index (χ0v) is 16.3. The fraction of sp³-hybridized carbons (Fsp3) is 0.579. The number of aliphatic carboxylic acids is 1. The van der Waals surface area contributed by atoms with Crippen molar-refractivity contribution in [2.75, 3.05) is 36.5 Å². The van der Waals surface area contributed by atoms with Crippen molar-refractivity contribution in [1.29, 1.82) is 0 Å². The maximum atomic E-state index is 11.8. The number of carbonyl (C=O) groups is 1. The summed E-state index contributed by atoms with van der Waals surface area (Å²) < 4.78 is 7.63. The van der Waals surface area contributed by atoms with Crippen molar-refractivity contribution in [3.05, 3.63) is 30.0 Å². The lowest BCUT2D eigenvalue weighted by molar-refractivity contribution is -0.142. The number of hydrogen-bond donors (Lipinski definition) is 2.